The maximum atomic E-state index is 6.13. The lowest BCUT2D eigenvalue weighted by Gasteiger charge is -2.18. The molecule has 2 aromatic rings. The molecule has 0 aliphatic rings. The van der Waals surface area contributed by atoms with Crippen LogP contribution in [-0.4, -0.2) is 5.11 Å². The first-order chi connectivity index (χ1) is 9.99. The summed E-state index contributed by atoms with van der Waals surface area (Å²) in [7, 11) is 0. The Morgan fingerprint density at radius 2 is 1.76 bits per heavy atom. The van der Waals surface area contributed by atoms with E-state index in [9.17, 15) is 0 Å². The summed E-state index contributed by atoms with van der Waals surface area (Å²) in [4.78, 5) is 0. The van der Waals surface area contributed by atoms with E-state index < -0.39 is 0 Å². The number of rotatable bonds is 3. The third-order valence-electron chi connectivity index (χ3n) is 3.29. The first kappa shape index (κ1) is 15.8. The van der Waals surface area contributed by atoms with Crippen molar-refractivity contribution < 1.29 is 0 Å². The molecular weight excluding hydrogens is 300 g/mol. The number of halogens is 1. The SMILES string of the molecule is Cc1cccc(C(C)C)c1NC(=S)Nc1ccccc1Cl. The molecule has 21 heavy (non-hydrogen) atoms. The molecule has 2 N–H and O–H groups in total. The van der Waals surface area contributed by atoms with Crippen molar-refractivity contribution >= 4 is 40.3 Å². The topological polar surface area (TPSA) is 24.1 Å². The minimum Gasteiger partial charge on any atom is -0.332 e. The maximum absolute atomic E-state index is 6.13. The van der Waals surface area contributed by atoms with Crippen molar-refractivity contribution in [3.8, 4) is 0 Å². The predicted octanol–water partition coefficient (Wildman–Crippen LogP) is 5.58. The lowest BCUT2D eigenvalue weighted by molar-refractivity contribution is 0.868. The first-order valence-corrected chi connectivity index (χ1v) is 7.69. The van der Waals surface area contributed by atoms with E-state index in [-0.39, 0.29) is 0 Å². The molecule has 0 aromatic heterocycles. The first-order valence-electron chi connectivity index (χ1n) is 6.91. The fourth-order valence-electron chi connectivity index (χ4n) is 2.17. The summed E-state index contributed by atoms with van der Waals surface area (Å²) >= 11 is 11.5. The molecule has 0 saturated carbocycles. The molecule has 2 aromatic carbocycles. The zero-order valence-corrected chi connectivity index (χ0v) is 14.0. The van der Waals surface area contributed by atoms with Gasteiger partial charge in [-0.3, -0.25) is 0 Å². The summed E-state index contributed by atoms with van der Waals surface area (Å²) in [5.41, 5.74) is 4.29. The van der Waals surface area contributed by atoms with Crippen molar-refractivity contribution in [2.45, 2.75) is 26.7 Å². The Labute approximate surface area is 136 Å². The van der Waals surface area contributed by atoms with Gasteiger partial charge in [-0.1, -0.05) is 55.8 Å². The number of para-hydroxylation sites is 2. The molecule has 0 radical (unpaired) electrons. The number of hydrogen-bond donors (Lipinski definition) is 2. The van der Waals surface area contributed by atoms with Crippen LogP contribution in [0.2, 0.25) is 5.02 Å². The summed E-state index contributed by atoms with van der Waals surface area (Å²) in [6.07, 6.45) is 0. The van der Waals surface area contributed by atoms with Crippen LogP contribution < -0.4 is 10.6 Å². The van der Waals surface area contributed by atoms with Crippen LogP contribution in [0.4, 0.5) is 11.4 Å². The Bertz CT molecular complexity index is 653. The van der Waals surface area contributed by atoms with Crippen molar-refractivity contribution in [2.75, 3.05) is 10.6 Å². The smallest absolute Gasteiger partial charge is 0.175 e. The second kappa shape index (κ2) is 6.92. The summed E-state index contributed by atoms with van der Waals surface area (Å²) in [6, 6.07) is 13.8. The molecular formula is C17H19ClN2S. The molecule has 2 nitrogen and oxygen atoms in total. The van der Waals surface area contributed by atoms with Crippen molar-refractivity contribution in [3.63, 3.8) is 0 Å². The highest BCUT2D eigenvalue weighted by Crippen LogP contribution is 2.28. The fraction of sp³-hybridized carbons (Fsp3) is 0.235. The summed E-state index contributed by atoms with van der Waals surface area (Å²) in [6.45, 7) is 6.42. The number of benzene rings is 2. The number of hydrogen-bond acceptors (Lipinski definition) is 1. The normalized spacial score (nSPS) is 10.5. The third-order valence-corrected chi connectivity index (χ3v) is 3.82. The lowest BCUT2D eigenvalue weighted by atomic mass is 9.98. The zero-order chi connectivity index (χ0) is 15.4. The largest absolute Gasteiger partial charge is 0.332 e. The fourth-order valence-corrected chi connectivity index (χ4v) is 2.57. The van der Waals surface area contributed by atoms with Gasteiger partial charge in [-0.15, -0.1) is 0 Å². The summed E-state index contributed by atoms with van der Waals surface area (Å²) in [5, 5.41) is 7.63. The van der Waals surface area contributed by atoms with E-state index in [0.29, 0.717) is 16.1 Å². The van der Waals surface area contributed by atoms with Gasteiger partial charge in [0.1, 0.15) is 0 Å². The molecule has 110 valence electrons. The van der Waals surface area contributed by atoms with Gasteiger partial charge in [0.2, 0.25) is 0 Å². The molecule has 0 atom stereocenters. The van der Waals surface area contributed by atoms with Crippen LogP contribution >= 0.6 is 23.8 Å². The van der Waals surface area contributed by atoms with E-state index in [0.717, 1.165) is 11.4 Å². The molecule has 2 rings (SSSR count). The second-order valence-corrected chi connectivity index (χ2v) is 6.07. The van der Waals surface area contributed by atoms with Crippen LogP contribution in [-0.2, 0) is 0 Å². The Balaban J connectivity index is 2.19. The van der Waals surface area contributed by atoms with Gasteiger partial charge < -0.3 is 10.6 Å². The zero-order valence-electron chi connectivity index (χ0n) is 12.4. The molecule has 0 amide bonds. The molecule has 0 saturated heterocycles. The van der Waals surface area contributed by atoms with Crippen LogP contribution in [0.3, 0.4) is 0 Å². The van der Waals surface area contributed by atoms with Gasteiger partial charge in [-0.2, -0.15) is 0 Å². The highest BCUT2D eigenvalue weighted by Gasteiger charge is 2.10. The Morgan fingerprint density at radius 1 is 1.05 bits per heavy atom. The maximum Gasteiger partial charge on any atom is 0.175 e. The molecule has 0 unspecified atom stereocenters. The Hall–Kier alpha value is -1.58. The van der Waals surface area contributed by atoms with Gasteiger partial charge >= 0.3 is 0 Å². The number of anilines is 2. The standard InChI is InChI=1S/C17H19ClN2S/c1-11(2)13-8-6-7-12(3)16(13)20-17(21)19-15-10-5-4-9-14(15)18/h4-11H,1-3H3,(H2,19,20,21). The van der Waals surface area contributed by atoms with E-state index >= 15 is 0 Å². The average Bonchev–Trinajstić information content (AvgIpc) is 2.43. The molecule has 0 aliphatic heterocycles. The van der Waals surface area contributed by atoms with E-state index in [2.05, 4.69) is 49.6 Å². The molecule has 4 heteroatoms. The second-order valence-electron chi connectivity index (χ2n) is 5.25. The highest BCUT2D eigenvalue weighted by molar-refractivity contribution is 7.80. The predicted molar refractivity (Wildman–Crippen MR) is 96.6 cm³/mol. The number of aryl methyl sites for hydroxylation is 1. The highest BCUT2D eigenvalue weighted by atomic mass is 35.5. The third kappa shape index (κ3) is 3.96. The van der Waals surface area contributed by atoms with Crippen LogP contribution in [0.15, 0.2) is 42.5 Å². The van der Waals surface area contributed by atoms with Crippen molar-refractivity contribution in [2.24, 2.45) is 0 Å². The number of thiocarbonyl (C=S) groups is 1. The Morgan fingerprint density at radius 3 is 2.43 bits per heavy atom. The van der Waals surface area contributed by atoms with Gasteiger partial charge in [0.25, 0.3) is 0 Å². The van der Waals surface area contributed by atoms with Crippen molar-refractivity contribution in [1.82, 2.24) is 0 Å². The van der Waals surface area contributed by atoms with E-state index in [1.807, 2.05) is 24.3 Å². The van der Waals surface area contributed by atoms with E-state index in [1.54, 1.807) is 0 Å². The lowest BCUT2D eigenvalue weighted by Crippen LogP contribution is -2.21. The molecule has 0 spiro atoms. The monoisotopic (exact) mass is 318 g/mol. The van der Waals surface area contributed by atoms with Crippen molar-refractivity contribution in [1.29, 1.82) is 0 Å². The summed E-state index contributed by atoms with van der Waals surface area (Å²) in [5.74, 6) is 0.426. The van der Waals surface area contributed by atoms with E-state index in [4.69, 9.17) is 23.8 Å². The Kier molecular flexibility index (Phi) is 5.21. The minimum atomic E-state index is 0.426. The molecule has 0 fully saturated rings. The van der Waals surface area contributed by atoms with Crippen molar-refractivity contribution in [3.05, 3.63) is 58.6 Å². The molecule has 0 bridgehead atoms. The average molecular weight is 319 g/mol. The molecule has 0 heterocycles. The molecule has 0 aliphatic carbocycles. The van der Waals surface area contributed by atoms with Gasteiger partial charge in [-0.25, -0.2) is 0 Å². The van der Waals surface area contributed by atoms with Crippen LogP contribution in [0.5, 0.6) is 0 Å². The minimum absolute atomic E-state index is 0.426. The van der Waals surface area contributed by atoms with Gasteiger partial charge in [-0.05, 0) is 48.3 Å². The van der Waals surface area contributed by atoms with Crippen LogP contribution in [0.25, 0.3) is 0 Å². The van der Waals surface area contributed by atoms with E-state index in [1.165, 1.54) is 11.1 Å². The van der Waals surface area contributed by atoms with Crippen LogP contribution in [0.1, 0.15) is 30.9 Å². The quantitative estimate of drug-likeness (QED) is 0.722. The number of nitrogens with one attached hydrogen (secondary N) is 2. The van der Waals surface area contributed by atoms with Gasteiger partial charge in [0, 0.05) is 5.69 Å². The van der Waals surface area contributed by atoms with Gasteiger partial charge in [0.05, 0.1) is 10.7 Å². The van der Waals surface area contributed by atoms with Crippen LogP contribution in [0, 0.1) is 6.92 Å². The van der Waals surface area contributed by atoms with Gasteiger partial charge in [0.15, 0.2) is 5.11 Å². The summed E-state index contributed by atoms with van der Waals surface area (Å²) < 4.78 is 0.